The second kappa shape index (κ2) is 7.00. The van der Waals surface area contributed by atoms with E-state index in [1.165, 1.54) is 16.7 Å². The minimum absolute atomic E-state index is 0.0936. The van der Waals surface area contributed by atoms with Gasteiger partial charge in [0, 0.05) is 19.3 Å². The predicted octanol–water partition coefficient (Wildman–Crippen LogP) is 3.06. The van der Waals surface area contributed by atoms with Gasteiger partial charge in [-0.1, -0.05) is 24.3 Å². The van der Waals surface area contributed by atoms with Crippen LogP contribution in [0.4, 0.5) is 0 Å². The van der Waals surface area contributed by atoms with Crippen molar-refractivity contribution in [2.75, 3.05) is 19.7 Å². The molecule has 3 heterocycles. The Morgan fingerprint density at radius 2 is 2.08 bits per heavy atom. The van der Waals surface area contributed by atoms with E-state index in [2.05, 4.69) is 41.1 Å². The molecule has 1 saturated heterocycles. The van der Waals surface area contributed by atoms with Gasteiger partial charge in [0.05, 0.1) is 31.4 Å². The van der Waals surface area contributed by atoms with Crippen LogP contribution in [0.3, 0.4) is 0 Å². The molecule has 5 heteroatoms. The van der Waals surface area contributed by atoms with Gasteiger partial charge in [-0.3, -0.25) is 9.48 Å². The highest BCUT2D eigenvalue weighted by Crippen LogP contribution is 2.31. The van der Waals surface area contributed by atoms with Crippen molar-refractivity contribution in [3.05, 3.63) is 53.3 Å². The molecule has 0 saturated carbocycles. The molecule has 25 heavy (non-hydrogen) atoms. The van der Waals surface area contributed by atoms with Gasteiger partial charge in [0.2, 0.25) is 5.91 Å². The van der Waals surface area contributed by atoms with E-state index in [0.29, 0.717) is 19.1 Å². The Labute approximate surface area is 148 Å². The quantitative estimate of drug-likeness (QED) is 0.863. The summed E-state index contributed by atoms with van der Waals surface area (Å²) in [6, 6.07) is 8.74. The molecule has 2 aliphatic rings. The maximum absolute atomic E-state index is 12.7. The fourth-order valence-electron chi connectivity index (χ4n) is 3.95. The van der Waals surface area contributed by atoms with Crippen molar-refractivity contribution >= 4 is 5.91 Å². The lowest BCUT2D eigenvalue weighted by atomic mass is 9.95. The van der Waals surface area contributed by atoms with Crippen LogP contribution in [-0.2, 0) is 16.0 Å². The standard InChI is InChI=1S/C20H25N3O2/c1-15-13-21-23(14-15)17-6-9-22(10-7-17)20(24)12-19-18-5-3-2-4-16(18)8-11-25-19/h2-5,13-14,17,19H,6-12H2,1H3/t19-/m1/s1. The molecule has 0 unspecified atom stereocenters. The van der Waals surface area contributed by atoms with Gasteiger partial charge in [-0.2, -0.15) is 5.10 Å². The SMILES string of the molecule is Cc1cnn(C2CCN(C(=O)C[C@H]3OCCc4ccccc43)CC2)c1. The number of hydrogen-bond donors (Lipinski definition) is 0. The van der Waals surface area contributed by atoms with Crippen LogP contribution in [-0.4, -0.2) is 40.3 Å². The molecule has 2 aromatic rings. The van der Waals surface area contributed by atoms with Gasteiger partial charge >= 0.3 is 0 Å². The van der Waals surface area contributed by atoms with E-state index in [1.807, 2.05) is 17.2 Å². The topological polar surface area (TPSA) is 47.4 Å². The van der Waals surface area contributed by atoms with Crippen molar-refractivity contribution in [3.63, 3.8) is 0 Å². The van der Waals surface area contributed by atoms with E-state index < -0.39 is 0 Å². The number of aromatic nitrogens is 2. The molecule has 4 rings (SSSR count). The molecule has 0 bridgehead atoms. The van der Waals surface area contributed by atoms with Gasteiger partial charge in [-0.25, -0.2) is 0 Å². The molecule has 2 aliphatic heterocycles. The van der Waals surface area contributed by atoms with Crippen LogP contribution < -0.4 is 0 Å². The summed E-state index contributed by atoms with van der Waals surface area (Å²) in [6.07, 6.45) is 7.22. The van der Waals surface area contributed by atoms with Crippen molar-refractivity contribution in [2.24, 2.45) is 0 Å². The highest BCUT2D eigenvalue weighted by atomic mass is 16.5. The highest BCUT2D eigenvalue weighted by molar-refractivity contribution is 5.77. The minimum Gasteiger partial charge on any atom is -0.373 e. The second-order valence-corrected chi connectivity index (χ2v) is 7.12. The Morgan fingerprint density at radius 3 is 2.84 bits per heavy atom. The first-order valence-corrected chi connectivity index (χ1v) is 9.18. The van der Waals surface area contributed by atoms with Gasteiger partial charge in [0.25, 0.3) is 0 Å². The van der Waals surface area contributed by atoms with Crippen molar-refractivity contribution in [2.45, 2.75) is 44.8 Å². The first-order chi connectivity index (χ1) is 12.2. The smallest absolute Gasteiger partial charge is 0.225 e. The number of ether oxygens (including phenoxy) is 1. The molecular formula is C20H25N3O2. The van der Waals surface area contributed by atoms with Gasteiger partial charge in [-0.15, -0.1) is 0 Å². The third kappa shape index (κ3) is 3.47. The summed E-state index contributed by atoms with van der Waals surface area (Å²) in [5.74, 6) is 0.205. The number of piperidine rings is 1. The molecule has 1 aromatic heterocycles. The van der Waals surface area contributed by atoms with Gasteiger partial charge in [-0.05, 0) is 42.9 Å². The first-order valence-electron chi connectivity index (χ1n) is 9.18. The zero-order valence-electron chi connectivity index (χ0n) is 14.7. The summed E-state index contributed by atoms with van der Waals surface area (Å²) in [6.45, 7) is 4.37. The Kier molecular flexibility index (Phi) is 4.57. The number of carbonyl (C=O) groups excluding carboxylic acids is 1. The van der Waals surface area contributed by atoms with Crippen molar-refractivity contribution in [1.82, 2.24) is 14.7 Å². The molecule has 1 aromatic carbocycles. The summed E-state index contributed by atoms with van der Waals surface area (Å²) in [4.78, 5) is 14.7. The predicted molar refractivity (Wildman–Crippen MR) is 95.3 cm³/mol. The van der Waals surface area contributed by atoms with Gasteiger partial charge in [0.1, 0.15) is 0 Å². The maximum Gasteiger partial charge on any atom is 0.225 e. The van der Waals surface area contributed by atoms with Crippen LogP contribution in [0.5, 0.6) is 0 Å². The van der Waals surface area contributed by atoms with Crippen LogP contribution in [0.25, 0.3) is 0 Å². The third-order valence-corrected chi connectivity index (χ3v) is 5.37. The zero-order chi connectivity index (χ0) is 17.2. The van der Waals surface area contributed by atoms with Crippen molar-refractivity contribution in [3.8, 4) is 0 Å². The maximum atomic E-state index is 12.7. The van der Waals surface area contributed by atoms with Gasteiger partial charge in [0.15, 0.2) is 0 Å². The summed E-state index contributed by atoms with van der Waals surface area (Å²) in [7, 11) is 0. The Bertz CT molecular complexity index is 747. The number of benzene rings is 1. The monoisotopic (exact) mass is 339 g/mol. The number of likely N-dealkylation sites (tertiary alicyclic amines) is 1. The van der Waals surface area contributed by atoms with E-state index in [9.17, 15) is 4.79 Å². The average Bonchev–Trinajstić information content (AvgIpc) is 3.08. The number of fused-ring (bicyclic) bond motifs is 1. The van der Waals surface area contributed by atoms with E-state index in [1.54, 1.807) is 0 Å². The van der Waals surface area contributed by atoms with E-state index in [0.717, 1.165) is 32.4 Å². The molecule has 0 aliphatic carbocycles. The van der Waals surface area contributed by atoms with E-state index in [-0.39, 0.29) is 12.0 Å². The van der Waals surface area contributed by atoms with E-state index in [4.69, 9.17) is 4.74 Å². The van der Waals surface area contributed by atoms with Crippen LogP contribution >= 0.6 is 0 Å². The minimum atomic E-state index is -0.0936. The number of hydrogen-bond acceptors (Lipinski definition) is 3. The molecule has 0 spiro atoms. The largest absolute Gasteiger partial charge is 0.373 e. The number of aryl methyl sites for hydroxylation is 1. The lowest BCUT2D eigenvalue weighted by molar-refractivity contribution is -0.136. The Balaban J connectivity index is 1.35. The summed E-state index contributed by atoms with van der Waals surface area (Å²) >= 11 is 0. The van der Waals surface area contributed by atoms with Crippen LogP contribution in [0.15, 0.2) is 36.7 Å². The highest BCUT2D eigenvalue weighted by Gasteiger charge is 2.28. The van der Waals surface area contributed by atoms with Crippen LogP contribution in [0.2, 0.25) is 0 Å². The van der Waals surface area contributed by atoms with Crippen LogP contribution in [0, 0.1) is 6.92 Å². The number of nitrogens with zero attached hydrogens (tertiary/aromatic N) is 3. The lowest BCUT2D eigenvalue weighted by Crippen LogP contribution is -2.40. The number of amides is 1. The Hall–Kier alpha value is -2.14. The fraction of sp³-hybridized carbons (Fsp3) is 0.500. The third-order valence-electron chi connectivity index (χ3n) is 5.37. The van der Waals surface area contributed by atoms with Crippen LogP contribution in [0.1, 0.15) is 48.1 Å². The van der Waals surface area contributed by atoms with Crippen molar-refractivity contribution in [1.29, 1.82) is 0 Å². The average molecular weight is 339 g/mol. The number of rotatable bonds is 3. The molecule has 1 atom stereocenters. The first kappa shape index (κ1) is 16.3. The molecule has 0 radical (unpaired) electrons. The summed E-state index contributed by atoms with van der Waals surface area (Å²) in [5, 5.41) is 4.42. The fourth-order valence-corrected chi connectivity index (χ4v) is 3.95. The molecule has 1 fully saturated rings. The molecule has 132 valence electrons. The molecule has 1 amide bonds. The summed E-state index contributed by atoms with van der Waals surface area (Å²) < 4.78 is 7.95. The number of carbonyl (C=O) groups is 1. The normalized spacial score (nSPS) is 21.2. The van der Waals surface area contributed by atoms with Gasteiger partial charge < -0.3 is 9.64 Å². The zero-order valence-corrected chi connectivity index (χ0v) is 14.7. The molecule has 0 N–H and O–H groups in total. The second-order valence-electron chi connectivity index (χ2n) is 7.12. The van der Waals surface area contributed by atoms with Crippen molar-refractivity contribution < 1.29 is 9.53 Å². The lowest BCUT2D eigenvalue weighted by Gasteiger charge is -2.34. The molecular weight excluding hydrogens is 314 g/mol. The molecule has 5 nitrogen and oxygen atoms in total. The Morgan fingerprint density at radius 1 is 1.28 bits per heavy atom. The summed E-state index contributed by atoms with van der Waals surface area (Å²) in [5.41, 5.74) is 3.69. The van der Waals surface area contributed by atoms with E-state index >= 15 is 0 Å².